The van der Waals surface area contributed by atoms with Gasteiger partial charge in [-0.25, -0.2) is 4.57 Å². The normalized spacial score (nSPS) is 9.89. The van der Waals surface area contributed by atoms with Crippen molar-refractivity contribution in [1.82, 2.24) is 0 Å². The van der Waals surface area contributed by atoms with Crippen molar-refractivity contribution in [3.63, 3.8) is 0 Å². The maximum atomic E-state index is 10.8. The Bertz CT molecular complexity index is 138. The Labute approximate surface area is 54.5 Å². The fraction of sp³-hybridized carbons (Fsp3) is 0.200. The van der Waals surface area contributed by atoms with Crippen LogP contribution in [-0.4, -0.2) is 6.66 Å². The van der Waals surface area contributed by atoms with E-state index in [0.717, 1.165) is 12.5 Å². The van der Waals surface area contributed by atoms with Crippen LogP contribution in [0.1, 0.15) is 0 Å². The molecule has 0 unspecified atom stereocenters. The van der Waals surface area contributed by atoms with Crippen molar-refractivity contribution in [2.45, 2.75) is 0 Å². The molecular formula is C5H9O3P. The van der Waals surface area contributed by atoms with Gasteiger partial charge in [0.2, 0.25) is 0 Å². The lowest BCUT2D eigenvalue weighted by Gasteiger charge is -2.08. The van der Waals surface area contributed by atoms with Crippen LogP contribution in [0.25, 0.3) is 0 Å². The standard InChI is InChI=1S/C5H9O3P/c1-4-7-9(3,6)8-5-2/h4-5H,1-2H2,3H3. The molecule has 0 aromatic carbocycles. The zero-order chi connectivity index (χ0) is 7.33. The summed E-state index contributed by atoms with van der Waals surface area (Å²) in [5.41, 5.74) is 0. The van der Waals surface area contributed by atoms with E-state index in [0.29, 0.717) is 0 Å². The smallest absolute Gasteiger partial charge is 0.425 e. The van der Waals surface area contributed by atoms with Crippen LogP contribution < -0.4 is 0 Å². The summed E-state index contributed by atoms with van der Waals surface area (Å²) in [5.74, 6) is 0. The van der Waals surface area contributed by atoms with Crippen molar-refractivity contribution in [3.8, 4) is 0 Å². The Morgan fingerprint density at radius 2 is 1.67 bits per heavy atom. The lowest BCUT2D eigenvalue weighted by atomic mass is 11.2. The molecule has 3 nitrogen and oxygen atoms in total. The van der Waals surface area contributed by atoms with Crippen molar-refractivity contribution in [1.29, 1.82) is 0 Å². The van der Waals surface area contributed by atoms with E-state index >= 15 is 0 Å². The Balaban J connectivity index is 3.85. The second-order valence-electron chi connectivity index (χ2n) is 1.32. The molecule has 0 rings (SSSR count). The van der Waals surface area contributed by atoms with Crippen LogP contribution in [0.15, 0.2) is 25.7 Å². The van der Waals surface area contributed by atoms with Gasteiger partial charge < -0.3 is 9.05 Å². The van der Waals surface area contributed by atoms with E-state index in [1.54, 1.807) is 0 Å². The predicted molar refractivity (Wildman–Crippen MR) is 36.1 cm³/mol. The molecule has 0 aromatic rings. The molecule has 9 heavy (non-hydrogen) atoms. The summed E-state index contributed by atoms with van der Waals surface area (Å²) in [5, 5.41) is 0. The molecule has 0 aliphatic carbocycles. The largest absolute Gasteiger partial charge is 0.426 e. The highest BCUT2D eigenvalue weighted by atomic mass is 31.2. The summed E-state index contributed by atoms with van der Waals surface area (Å²) in [6.07, 6.45) is 2.15. The Kier molecular flexibility index (Phi) is 3.10. The molecule has 0 radical (unpaired) electrons. The van der Waals surface area contributed by atoms with Gasteiger partial charge in [-0.15, -0.1) is 0 Å². The first-order chi connectivity index (χ1) is 4.12. The summed E-state index contributed by atoms with van der Waals surface area (Å²) in [6.45, 7) is 7.77. The molecule has 52 valence electrons. The summed E-state index contributed by atoms with van der Waals surface area (Å²) in [7, 11) is -2.93. The van der Waals surface area contributed by atoms with Gasteiger partial charge in [0.05, 0.1) is 19.2 Å². The maximum absolute atomic E-state index is 10.8. The fourth-order valence-corrected chi connectivity index (χ4v) is 0.887. The van der Waals surface area contributed by atoms with Crippen molar-refractivity contribution >= 4 is 7.60 Å². The second kappa shape index (κ2) is 3.36. The van der Waals surface area contributed by atoms with E-state index in [-0.39, 0.29) is 0 Å². The molecule has 0 aromatic heterocycles. The van der Waals surface area contributed by atoms with Crippen LogP contribution >= 0.6 is 7.60 Å². The van der Waals surface area contributed by atoms with Gasteiger partial charge in [-0.1, -0.05) is 13.2 Å². The lowest BCUT2D eigenvalue weighted by molar-refractivity contribution is 0.335. The summed E-state index contributed by atoms with van der Waals surface area (Å²) < 4.78 is 19.8. The topological polar surface area (TPSA) is 35.5 Å². The minimum Gasteiger partial charge on any atom is -0.425 e. The van der Waals surface area contributed by atoms with Crippen LogP contribution in [0.4, 0.5) is 0 Å². The summed E-state index contributed by atoms with van der Waals surface area (Å²) in [4.78, 5) is 0. The Hall–Kier alpha value is -0.690. The van der Waals surface area contributed by atoms with Crippen molar-refractivity contribution in [2.24, 2.45) is 0 Å². The fourth-order valence-electron chi connectivity index (χ4n) is 0.296. The molecule has 0 amide bonds. The molecule has 0 aliphatic heterocycles. The Morgan fingerprint density at radius 1 is 1.33 bits per heavy atom. The third-order valence-corrected chi connectivity index (χ3v) is 1.60. The van der Waals surface area contributed by atoms with Crippen LogP contribution in [0.3, 0.4) is 0 Å². The van der Waals surface area contributed by atoms with Crippen LogP contribution in [0.5, 0.6) is 0 Å². The predicted octanol–water partition coefficient (Wildman–Crippen LogP) is 2.13. The zero-order valence-electron chi connectivity index (χ0n) is 5.24. The van der Waals surface area contributed by atoms with E-state index < -0.39 is 7.60 Å². The molecule has 0 atom stereocenters. The highest BCUT2D eigenvalue weighted by molar-refractivity contribution is 7.53. The van der Waals surface area contributed by atoms with Gasteiger partial charge in [0, 0.05) is 0 Å². The van der Waals surface area contributed by atoms with E-state index in [9.17, 15) is 4.57 Å². The monoisotopic (exact) mass is 148 g/mol. The summed E-state index contributed by atoms with van der Waals surface area (Å²) >= 11 is 0. The first kappa shape index (κ1) is 8.31. The molecule has 0 bridgehead atoms. The van der Waals surface area contributed by atoms with Crippen molar-refractivity contribution in [3.05, 3.63) is 25.7 Å². The molecule has 0 saturated carbocycles. The highest BCUT2D eigenvalue weighted by Gasteiger charge is 2.13. The maximum Gasteiger partial charge on any atom is 0.426 e. The molecule has 0 N–H and O–H groups in total. The number of hydrogen-bond donors (Lipinski definition) is 0. The first-order valence-corrected chi connectivity index (χ1v) is 4.27. The lowest BCUT2D eigenvalue weighted by Crippen LogP contribution is -1.80. The molecule has 0 heterocycles. The number of hydrogen-bond acceptors (Lipinski definition) is 3. The van der Waals surface area contributed by atoms with Gasteiger partial charge in [0.1, 0.15) is 0 Å². The highest BCUT2D eigenvalue weighted by Crippen LogP contribution is 2.43. The van der Waals surface area contributed by atoms with E-state index in [1.807, 2.05) is 0 Å². The van der Waals surface area contributed by atoms with Gasteiger partial charge in [-0.3, -0.25) is 0 Å². The van der Waals surface area contributed by atoms with E-state index in [4.69, 9.17) is 0 Å². The first-order valence-electron chi connectivity index (χ1n) is 2.28. The third kappa shape index (κ3) is 3.86. The van der Waals surface area contributed by atoms with Gasteiger partial charge in [-0.05, 0) is 0 Å². The average Bonchev–Trinajstić information content (AvgIpc) is 1.64. The zero-order valence-corrected chi connectivity index (χ0v) is 6.14. The SMILES string of the molecule is C=COP(C)(=O)OC=C. The van der Waals surface area contributed by atoms with Crippen LogP contribution in [0, 0.1) is 0 Å². The quantitative estimate of drug-likeness (QED) is 0.452. The van der Waals surface area contributed by atoms with Gasteiger partial charge >= 0.3 is 7.60 Å². The van der Waals surface area contributed by atoms with E-state index in [2.05, 4.69) is 22.2 Å². The Morgan fingerprint density at radius 3 is 1.89 bits per heavy atom. The molecule has 4 heteroatoms. The van der Waals surface area contributed by atoms with Gasteiger partial charge in [0.25, 0.3) is 0 Å². The van der Waals surface area contributed by atoms with Crippen LogP contribution in [-0.2, 0) is 13.6 Å². The molecular weight excluding hydrogens is 139 g/mol. The summed E-state index contributed by atoms with van der Waals surface area (Å²) in [6, 6.07) is 0. The van der Waals surface area contributed by atoms with Gasteiger partial charge in [0.15, 0.2) is 0 Å². The van der Waals surface area contributed by atoms with E-state index in [1.165, 1.54) is 6.66 Å². The van der Waals surface area contributed by atoms with Gasteiger partial charge in [-0.2, -0.15) is 0 Å². The van der Waals surface area contributed by atoms with Crippen molar-refractivity contribution < 1.29 is 13.6 Å². The van der Waals surface area contributed by atoms with Crippen molar-refractivity contribution in [2.75, 3.05) is 6.66 Å². The molecule has 0 fully saturated rings. The number of rotatable bonds is 4. The minimum atomic E-state index is -2.93. The second-order valence-corrected chi connectivity index (χ2v) is 3.28. The molecule has 0 spiro atoms. The van der Waals surface area contributed by atoms with Crippen LogP contribution in [0.2, 0.25) is 0 Å². The molecule has 0 saturated heterocycles. The minimum absolute atomic E-state index is 1.07. The average molecular weight is 148 g/mol. The molecule has 0 aliphatic rings. The third-order valence-electron chi connectivity index (χ3n) is 0.532.